The Hall–Kier alpha value is -2.31. The molecule has 0 heterocycles. The Kier molecular flexibility index (Phi) is 5.08. The first-order chi connectivity index (χ1) is 10.8. The molecule has 1 aliphatic carbocycles. The monoisotopic (exact) mass is 326 g/mol. The summed E-state index contributed by atoms with van der Waals surface area (Å²) in [5.41, 5.74) is 5.89. The summed E-state index contributed by atoms with van der Waals surface area (Å²) >= 11 is 0. The second-order valence-electron chi connectivity index (χ2n) is 5.39. The Morgan fingerprint density at radius 2 is 1.74 bits per heavy atom. The molecule has 0 saturated heterocycles. The zero-order valence-corrected chi connectivity index (χ0v) is 12.6. The summed E-state index contributed by atoms with van der Waals surface area (Å²) < 4.78 is 37.9. The van der Waals surface area contributed by atoms with Crippen molar-refractivity contribution in [2.75, 3.05) is 0 Å². The zero-order chi connectivity index (χ0) is 17.0. The van der Waals surface area contributed by atoms with Gasteiger partial charge in [-0.1, -0.05) is 18.2 Å². The Labute approximate surface area is 131 Å². The Balaban J connectivity index is 2.13. The van der Waals surface area contributed by atoms with Crippen LogP contribution in [0.25, 0.3) is 0 Å². The number of hydrazine groups is 1. The Morgan fingerprint density at radius 3 is 2.39 bits per heavy atom. The Bertz CT molecular complexity index is 651. The van der Waals surface area contributed by atoms with Crippen molar-refractivity contribution in [3.8, 4) is 0 Å². The molecule has 0 fully saturated rings. The third-order valence-electron chi connectivity index (χ3n) is 3.72. The van der Waals surface area contributed by atoms with Gasteiger partial charge in [0.2, 0.25) is 0 Å². The molecule has 0 spiro atoms. The van der Waals surface area contributed by atoms with Crippen molar-refractivity contribution in [3.05, 3.63) is 46.7 Å². The van der Waals surface area contributed by atoms with Gasteiger partial charge in [0.05, 0.1) is 0 Å². The van der Waals surface area contributed by atoms with Crippen molar-refractivity contribution in [3.63, 3.8) is 0 Å². The number of hydrogen-bond donors (Lipinski definition) is 2. The molecule has 0 radical (unpaired) electrons. The second-order valence-corrected chi connectivity index (χ2v) is 5.39. The predicted octanol–water partition coefficient (Wildman–Crippen LogP) is 3.19. The van der Waals surface area contributed by atoms with Gasteiger partial charge < -0.3 is 5.43 Å². The first-order valence-electron chi connectivity index (χ1n) is 7.26. The Morgan fingerprint density at radius 1 is 1.09 bits per heavy atom. The smallest absolute Gasteiger partial charge is 0.302 e. The third kappa shape index (κ3) is 4.12. The molecule has 0 unspecified atom stereocenters. The van der Waals surface area contributed by atoms with E-state index in [0.29, 0.717) is 24.8 Å². The summed E-state index contributed by atoms with van der Waals surface area (Å²) in [7, 11) is 0. The molecule has 0 aromatic heterocycles. The molecule has 2 rings (SSSR count). The summed E-state index contributed by atoms with van der Waals surface area (Å²) in [5.74, 6) is -2.30. The highest BCUT2D eigenvalue weighted by Gasteiger charge is 2.42. The molecule has 0 saturated carbocycles. The van der Waals surface area contributed by atoms with Gasteiger partial charge in [0.15, 0.2) is 0 Å². The molecule has 23 heavy (non-hydrogen) atoms. The van der Waals surface area contributed by atoms with Gasteiger partial charge in [0.25, 0.3) is 11.7 Å². The van der Waals surface area contributed by atoms with Gasteiger partial charge in [-0.25, -0.2) is 0 Å². The first-order valence-corrected chi connectivity index (χ1v) is 7.26. The van der Waals surface area contributed by atoms with Crippen molar-refractivity contribution < 1.29 is 22.8 Å². The van der Waals surface area contributed by atoms with Crippen LogP contribution in [-0.2, 0) is 4.79 Å². The minimum absolute atomic E-state index is 0.0565. The molecule has 0 aliphatic heterocycles. The zero-order valence-electron chi connectivity index (χ0n) is 12.6. The molecule has 7 heteroatoms. The van der Waals surface area contributed by atoms with Crippen LogP contribution in [0.4, 0.5) is 13.2 Å². The van der Waals surface area contributed by atoms with Crippen molar-refractivity contribution in [1.29, 1.82) is 0 Å². The quantitative estimate of drug-likeness (QED) is 0.836. The lowest BCUT2D eigenvalue weighted by Crippen LogP contribution is -2.40. The average Bonchev–Trinajstić information content (AvgIpc) is 2.51. The largest absolute Gasteiger partial charge is 0.454 e. The van der Waals surface area contributed by atoms with Gasteiger partial charge in [-0.3, -0.25) is 15.0 Å². The number of aryl methyl sites for hydroxylation is 1. The maximum atomic E-state index is 12.6. The summed E-state index contributed by atoms with van der Waals surface area (Å²) in [6.07, 6.45) is -3.36. The SMILES string of the molecule is Cc1ccccc1C(=O)NNC1=C(C(=O)C(F)(F)F)CCCC1. The van der Waals surface area contributed by atoms with Crippen LogP contribution in [0.3, 0.4) is 0 Å². The molecule has 1 aromatic carbocycles. The van der Waals surface area contributed by atoms with Crippen molar-refractivity contribution in [2.24, 2.45) is 0 Å². The maximum Gasteiger partial charge on any atom is 0.454 e. The third-order valence-corrected chi connectivity index (χ3v) is 3.72. The number of benzene rings is 1. The molecule has 1 amide bonds. The van der Waals surface area contributed by atoms with Crippen LogP contribution >= 0.6 is 0 Å². The van der Waals surface area contributed by atoms with E-state index in [1.54, 1.807) is 31.2 Å². The number of amides is 1. The van der Waals surface area contributed by atoms with E-state index >= 15 is 0 Å². The standard InChI is InChI=1S/C16H17F3N2O2/c1-10-6-2-3-7-11(10)15(23)21-20-13-9-5-4-8-12(13)14(22)16(17,18)19/h2-3,6-7,20H,4-5,8-9H2,1H3,(H,21,23). The van der Waals surface area contributed by atoms with E-state index in [9.17, 15) is 22.8 Å². The summed E-state index contributed by atoms with van der Waals surface area (Å²) in [6.45, 7) is 1.76. The van der Waals surface area contributed by atoms with Crippen LogP contribution in [-0.4, -0.2) is 17.9 Å². The number of carbonyl (C=O) groups excluding carboxylic acids is 2. The molecule has 124 valence electrons. The number of carbonyl (C=O) groups is 2. The van der Waals surface area contributed by atoms with E-state index in [2.05, 4.69) is 10.9 Å². The number of allylic oxidation sites excluding steroid dienone is 2. The van der Waals surface area contributed by atoms with Gasteiger partial charge in [-0.05, 0) is 44.2 Å². The second kappa shape index (κ2) is 6.85. The van der Waals surface area contributed by atoms with Crippen LogP contribution in [0, 0.1) is 6.92 Å². The van der Waals surface area contributed by atoms with E-state index in [4.69, 9.17) is 0 Å². The van der Waals surface area contributed by atoms with E-state index < -0.39 is 17.9 Å². The molecule has 1 aromatic rings. The number of nitrogens with one attached hydrogen (secondary N) is 2. The highest BCUT2D eigenvalue weighted by molar-refractivity contribution is 6.00. The lowest BCUT2D eigenvalue weighted by Gasteiger charge is -2.22. The number of ketones is 1. The fourth-order valence-electron chi connectivity index (χ4n) is 2.49. The number of hydrogen-bond acceptors (Lipinski definition) is 3. The fraction of sp³-hybridized carbons (Fsp3) is 0.375. The van der Waals surface area contributed by atoms with Gasteiger partial charge in [-0.2, -0.15) is 13.2 Å². The lowest BCUT2D eigenvalue weighted by atomic mass is 9.93. The number of rotatable bonds is 4. The molecular formula is C16H17F3N2O2. The average molecular weight is 326 g/mol. The molecule has 1 aliphatic rings. The summed E-state index contributed by atoms with van der Waals surface area (Å²) in [5, 5.41) is 0. The van der Waals surface area contributed by atoms with E-state index in [1.165, 1.54) is 0 Å². The topological polar surface area (TPSA) is 58.2 Å². The highest BCUT2D eigenvalue weighted by Crippen LogP contribution is 2.29. The lowest BCUT2D eigenvalue weighted by molar-refractivity contribution is -0.166. The van der Waals surface area contributed by atoms with Gasteiger partial charge in [0.1, 0.15) is 0 Å². The minimum Gasteiger partial charge on any atom is -0.302 e. The fourth-order valence-corrected chi connectivity index (χ4v) is 2.49. The van der Waals surface area contributed by atoms with Crippen LogP contribution in [0.5, 0.6) is 0 Å². The van der Waals surface area contributed by atoms with Gasteiger partial charge in [-0.15, -0.1) is 0 Å². The minimum atomic E-state index is -4.90. The number of Topliss-reactive ketones (excluding diaryl/α,β-unsaturated/α-hetero) is 1. The van der Waals surface area contributed by atoms with Crippen LogP contribution in [0.15, 0.2) is 35.5 Å². The molecule has 0 atom stereocenters. The normalized spacial score (nSPS) is 15.3. The molecular weight excluding hydrogens is 309 g/mol. The van der Waals surface area contributed by atoms with Crippen molar-refractivity contribution >= 4 is 11.7 Å². The van der Waals surface area contributed by atoms with Crippen molar-refractivity contribution in [2.45, 2.75) is 38.8 Å². The number of halogens is 3. The van der Waals surface area contributed by atoms with Crippen LogP contribution < -0.4 is 10.9 Å². The summed E-state index contributed by atoms with van der Waals surface area (Å²) in [4.78, 5) is 23.5. The van der Waals surface area contributed by atoms with Crippen molar-refractivity contribution in [1.82, 2.24) is 10.9 Å². The van der Waals surface area contributed by atoms with Gasteiger partial charge >= 0.3 is 6.18 Å². The van der Waals surface area contributed by atoms with E-state index in [1.807, 2.05) is 0 Å². The molecule has 0 bridgehead atoms. The van der Waals surface area contributed by atoms with E-state index in [0.717, 1.165) is 5.56 Å². The first kappa shape index (κ1) is 17.1. The molecule has 2 N–H and O–H groups in total. The molecule has 4 nitrogen and oxygen atoms in total. The highest BCUT2D eigenvalue weighted by atomic mass is 19.4. The number of alkyl halides is 3. The van der Waals surface area contributed by atoms with E-state index in [-0.39, 0.29) is 17.7 Å². The predicted molar refractivity (Wildman–Crippen MR) is 78.3 cm³/mol. The summed E-state index contributed by atoms with van der Waals surface area (Å²) in [6, 6.07) is 6.85. The van der Waals surface area contributed by atoms with Crippen LogP contribution in [0.1, 0.15) is 41.6 Å². The van der Waals surface area contributed by atoms with Crippen LogP contribution in [0.2, 0.25) is 0 Å². The maximum absolute atomic E-state index is 12.6. The van der Waals surface area contributed by atoms with Gasteiger partial charge in [0, 0.05) is 16.8 Å².